The lowest BCUT2D eigenvalue weighted by Crippen LogP contribution is -2.11. The van der Waals surface area contributed by atoms with Crippen molar-refractivity contribution in [3.8, 4) is 5.75 Å². The molecule has 4 rings (SSSR count). The Morgan fingerprint density at radius 2 is 1.62 bits per heavy atom. The Kier molecular flexibility index (Phi) is 8.85. The molecule has 200 valence electrons. The summed E-state index contributed by atoms with van der Waals surface area (Å²) in [6.45, 7) is 1.64. The summed E-state index contributed by atoms with van der Waals surface area (Å²) < 4.78 is 34.9. The number of para-hydroxylation sites is 1. The Morgan fingerprint density at radius 1 is 0.923 bits per heavy atom. The highest BCUT2D eigenvalue weighted by atomic mass is 32.2. The molecule has 0 unspecified atom stereocenters. The summed E-state index contributed by atoms with van der Waals surface area (Å²) in [5.41, 5.74) is 2.38. The molecule has 2 N–H and O–H groups in total. The lowest BCUT2D eigenvalue weighted by atomic mass is 10.2. The van der Waals surface area contributed by atoms with Crippen molar-refractivity contribution in [1.82, 2.24) is 0 Å². The molecule has 0 saturated carbocycles. The highest BCUT2D eigenvalue weighted by Crippen LogP contribution is 2.34. The van der Waals surface area contributed by atoms with E-state index in [4.69, 9.17) is 9.44 Å². The molecular formula is C25H20N4O8S2. The molecule has 0 heterocycles. The molecule has 0 bridgehead atoms. The zero-order valence-corrected chi connectivity index (χ0v) is 21.8. The number of nitrogens with one attached hydrogen (secondary N) is 1. The molecule has 0 aromatic heterocycles. The zero-order valence-electron chi connectivity index (χ0n) is 20.1. The van der Waals surface area contributed by atoms with Crippen LogP contribution in [0.1, 0.15) is 5.56 Å². The van der Waals surface area contributed by atoms with Crippen LogP contribution in [0, 0.1) is 17.0 Å². The van der Waals surface area contributed by atoms with E-state index in [0.717, 1.165) is 0 Å². The SMILES string of the molecule is Cc1cc(/N=N/c2ccc(Nc3ccc([N+](=O)[O-])cc3SOOO)cc2)ccc1S(=O)(=O)Oc1ccccc1. The van der Waals surface area contributed by atoms with Crippen molar-refractivity contribution >= 4 is 50.6 Å². The van der Waals surface area contributed by atoms with Gasteiger partial charge in [0, 0.05) is 17.8 Å². The van der Waals surface area contributed by atoms with Gasteiger partial charge in [0.25, 0.3) is 5.69 Å². The van der Waals surface area contributed by atoms with Gasteiger partial charge in [-0.1, -0.05) is 23.2 Å². The number of nitro benzene ring substituents is 1. The van der Waals surface area contributed by atoms with Gasteiger partial charge in [0.05, 0.1) is 38.9 Å². The summed E-state index contributed by atoms with van der Waals surface area (Å²) in [5, 5.41) is 34.5. The smallest absolute Gasteiger partial charge is 0.339 e. The summed E-state index contributed by atoms with van der Waals surface area (Å²) in [6.07, 6.45) is 0. The maximum Gasteiger partial charge on any atom is 0.339 e. The van der Waals surface area contributed by atoms with E-state index >= 15 is 0 Å². The van der Waals surface area contributed by atoms with Crippen LogP contribution in [-0.4, -0.2) is 18.6 Å². The number of hydrogen-bond acceptors (Lipinski definition) is 12. The molecule has 0 fully saturated rings. The number of nitro groups is 1. The second-order valence-corrected chi connectivity index (χ2v) is 10.1. The van der Waals surface area contributed by atoms with Gasteiger partial charge in [-0.3, -0.25) is 10.1 Å². The van der Waals surface area contributed by atoms with Gasteiger partial charge in [-0.15, -0.1) is 4.33 Å². The normalized spacial score (nSPS) is 11.4. The van der Waals surface area contributed by atoms with Crippen molar-refractivity contribution < 1.29 is 32.2 Å². The standard InChI is InChI=1S/C25H20N4O8S2/c1-17-15-20(11-14-25(17)39(33,34)35-22-5-3-2-4-6-22)28-27-19-9-7-18(8-10-19)26-23-13-12-21(29(30)31)16-24(23)38-37-36-32/h2-16,26,32H,1H3/b28-27+. The number of benzene rings is 4. The summed E-state index contributed by atoms with van der Waals surface area (Å²) in [4.78, 5) is 10.8. The molecule has 0 radical (unpaired) electrons. The van der Waals surface area contributed by atoms with Crippen LogP contribution in [0.3, 0.4) is 0 Å². The van der Waals surface area contributed by atoms with E-state index in [0.29, 0.717) is 45.3 Å². The Balaban J connectivity index is 1.45. The van der Waals surface area contributed by atoms with E-state index < -0.39 is 15.0 Å². The van der Waals surface area contributed by atoms with Crippen molar-refractivity contribution in [1.29, 1.82) is 0 Å². The first-order valence-corrected chi connectivity index (χ1v) is 13.2. The van der Waals surface area contributed by atoms with Crippen LogP contribution >= 0.6 is 12.0 Å². The summed E-state index contributed by atoms with van der Waals surface area (Å²) in [7, 11) is -4.01. The summed E-state index contributed by atoms with van der Waals surface area (Å²) in [6, 6.07) is 23.7. The van der Waals surface area contributed by atoms with Crippen LogP contribution in [0.2, 0.25) is 0 Å². The fraction of sp³-hybridized carbons (Fsp3) is 0.0400. The highest BCUT2D eigenvalue weighted by molar-refractivity contribution is 7.94. The summed E-state index contributed by atoms with van der Waals surface area (Å²) in [5.74, 6) is 0.217. The lowest BCUT2D eigenvalue weighted by molar-refractivity contribution is -0.432. The average molecular weight is 569 g/mol. The molecule has 0 aliphatic carbocycles. The van der Waals surface area contributed by atoms with Gasteiger partial charge in [-0.2, -0.15) is 18.6 Å². The number of aryl methyl sites for hydroxylation is 1. The van der Waals surface area contributed by atoms with Gasteiger partial charge in [0.1, 0.15) is 10.6 Å². The van der Waals surface area contributed by atoms with Gasteiger partial charge in [0.2, 0.25) is 0 Å². The third kappa shape index (κ3) is 7.37. The molecule has 0 aliphatic rings. The van der Waals surface area contributed by atoms with E-state index in [9.17, 15) is 18.5 Å². The molecular weight excluding hydrogens is 548 g/mol. The van der Waals surface area contributed by atoms with Gasteiger partial charge in [0.15, 0.2) is 0 Å². The van der Waals surface area contributed by atoms with E-state index in [1.54, 1.807) is 67.6 Å². The Morgan fingerprint density at radius 3 is 2.28 bits per heavy atom. The van der Waals surface area contributed by atoms with E-state index in [1.807, 2.05) is 0 Å². The number of anilines is 2. The van der Waals surface area contributed by atoms with Crippen LogP contribution in [0.4, 0.5) is 28.4 Å². The van der Waals surface area contributed by atoms with Gasteiger partial charge >= 0.3 is 10.1 Å². The van der Waals surface area contributed by atoms with Crippen LogP contribution in [0.5, 0.6) is 5.75 Å². The van der Waals surface area contributed by atoms with E-state index in [1.165, 1.54) is 30.3 Å². The topological polar surface area (TPSA) is 162 Å². The van der Waals surface area contributed by atoms with Crippen LogP contribution in [0.25, 0.3) is 0 Å². The number of azo groups is 1. The quantitative estimate of drug-likeness (QED) is 0.0470. The monoisotopic (exact) mass is 568 g/mol. The highest BCUT2D eigenvalue weighted by Gasteiger charge is 2.19. The lowest BCUT2D eigenvalue weighted by Gasteiger charge is -2.10. The maximum absolute atomic E-state index is 12.7. The Bertz CT molecular complexity index is 1600. The molecule has 4 aromatic rings. The minimum absolute atomic E-state index is 0.0282. The van der Waals surface area contributed by atoms with Crippen LogP contribution < -0.4 is 9.50 Å². The number of rotatable bonds is 11. The number of non-ortho nitro benzene ring substituents is 1. The molecule has 0 atom stereocenters. The minimum atomic E-state index is -4.01. The number of hydrogen-bond donors (Lipinski definition) is 2. The van der Waals surface area contributed by atoms with Gasteiger partial charge < -0.3 is 9.50 Å². The maximum atomic E-state index is 12.7. The third-order valence-electron chi connectivity index (χ3n) is 5.13. The van der Waals surface area contributed by atoms with E-state index in [2.05, 4.69) is 24.9 Å². The fourth-order valence-electron chi connectivity index (χ4n) is 3.35. The summed E-state index contributed by atoms with van der Waals surface area (Å²) >= 11 is 0.592. The predicted molar refractivity (Wildman–Crippen MR) is 143 cm³/mol. The number of nitrogens with zero attached hydrogens (tertiary/aromatic N) is 3. The van der Waals surface area contributed by atoms with Crippen LogP contribution in [-0.2, 0) is 19.5 Å². The van der Waals surface area contributed by atoms with Crippen molar-refractivity contribution in [2.45, 2.75) is 16.7 Å². The molecule has 0 spiro atoms. The average Bonchev–Trinajstić information content (AvgIpc) is 2.92. The van der Waals surface area contributed by atoms with Gasteiger partial charge in [-0.25, -0.2) is 5.26 Å². The van der Waals surface area contributed by atoms with Crippen LogP contribution in [0.15, 0.2) is 111 Å². The molecule has 4 aromatic carbocycles. The predicted octanol–water partition coefficient (Wildman–Crippen LogP) is 7.26. The minimum Gasteiger partial charge on any atom is -0.379 e. The molecule has 12 nitrogen and oxygen atoms in total. The Labute approximate surface area is 227 Å². The zero-order chi connectivity index (χ0) is 27.8. The van der Waals surface area contributed by atoms with Crippen molar-refractivity contribution in [3.63, 3.8) is 0 Å². The third-order valence-corrected chi connectivity index (χ3v) is 7.19. The fourth-order valence-corrected chi connectivity index (χ4v) is 4.98. The first-order valence-electron chi connectivity index (χ1n) is 11.1. The van der Waals surface area contributed by atoms with E-state index in [-0.39, 0.29) is 16.3 Å². The molecule has 0 saturated heterocycles. The molecule has 0 amide bonds. The van der Waals surface area contributed by atoms with Crippen molar-refractivity contribution in [3.05, 3.63) is 107 Å². The molecule has 39 heavy (non-hydrogen) atoms. The van der Waals surface area contributed by atoms with Crippen molar-refractivity contribution in [2.75, 3.05) is 5.32 Å². The molecule has 0 aliphatic heterocycles. The largest absolute Gasteiger partial charge is 0.379 e. The first kappa shape index (κ1) is 27.7. The Hall–Kier alpha value is -4.34. The van der Waals surface area contributed by atoms with Crippen molar-refractivity contribution in [2.24, 2.45) is 10.2 Å². The second kappa shape index (κ2) is 12.5. The first-order chi connectivity index (χ1) is 18.7. The molecule has 14 heteroatoms. The van der Waals surface area contributed by atoms with Gasteiger partial charge in [-0.05, 0) is 73.2 Å². The second-order valence-electron chi connectivity index (χ2n) is 7.84.